The number of fused-ring (bicyclic) bond motifs is 1. The Morgan fingerprint density at radius 2 is 2.31 bits per heavy atom. The number of carbonyl (C=O) groups excluding carboxylic acids is 1. The van der Waals surface area contributed by atoms with E-state index in [-0.39, 0.29) is 5.89 Å². The molecule has 0 aliphatic carbocycles. The van der Waals surface area contributed by atoms with Crippen LogP contribution in [0.1, 0.15) is 17.6 Å². The van der Waals surface area contributed by atoms with Crippen molar-refractivity contribution in [1.29, 1.82) is 0 Å². The van der Waals surface area contributed by atoms with Gasteiger partial charge in [0.25, 0.3) is 0 Å². The summed E-state index contributed by atoms with van der Waals surface area (Å²) in [5, 5.41) is 0. The number of rotatable bonds is 3. The Kier molecular flexibility index (Phi) is 2.76. The van der Waals surface area contributed by atoms with E-state index in [1.807, 2.05) is 0 Å². The second-order valence-corrected chi connectivity index (χ2v) is 3.07. The van der Waals surface area contributed by atoms with E-state index in [2.05, 4.69) is 4.98 Å². The van der Waals surface area contributed by atoms with Gasteiger partial charge in [-0.05, 0) is 19.1 Å². The van der Waals surface area contributed by atoms with Gasteiger partial charge in [-0.25, -0.2) is 9.78 Å². The molecule has 0 N–H and O–H groups in total. The fourth-order valence-corrected chi connectivity index (χ4v) is 1.31. The molecular weight excluding hydrogens is 210 g/mol. The van der Waals surface area contributed by atoms with Crippen LogP contribution in [-0.4, -0.2) is 24.7 Å². The number of esters is 1. The molecule has 5 heteroatoms. The first-order valence-electron chi connectivity index (χ1n) is 4.86. The van der Waals surface area contributed by atoms with Crippen molar-refractivity contribution in [1.82, 2.24) is 4.98 Å². The average Bonchev–Trinajstić information content (AvgIpc) is 2.71. The lowest BCUT2D eigenvalue weighted by molar-refractivity contribution is 0.0483. The molecule has 2 aromatic rings. The van der Waals surface area contributed by atoms with Gasteiger partial charge in [-0.1, -0.05) is 0 Å². The number of hydrogen-bond acceptors (Lipinski definition) is 5. The third-order valence-electron chi connectivity index (χ3n) is 2.04. The van der Waals surface area contributed by atoms with Crippen LogP contribution in [0.15, 0.2) is 22.6 Å². The average molecular weight is 221 g/mol. The molecule has 0 radical (unpaired) electrons. The molecule has 0 atom stereocenters. The molecule has 1 aromatic heterocycles. The Morgan fingerprint density at radius 1 is 1.50 bits per heavy atom. The highest BCUT2D eigenvalue weighted by Crippen LogP contribution is 2.21. The molecule has 0 saturated carbocycles. The van der Waals surface area contributed by atoms with Crippen LogP contribution < -0.4 is 4.74 Å². The zero-order valence-corrected chi connectivity index (χ0v) is 9.02. The first-order chi connectivity index (χ1) is 7.74. The first kappa shape index (κ1) is 10.5. The summed E-state index contributed by atoms with van der Waals surface area (Å²) in [7, 11) is 1.56. The summed E-state index contributed by atoms with van der Waals surface area (Å²) in [6.45, 7) is 2.02. The largest absolute Gasteiger partial charge is 0.497 e. The van der Waals surface area contributed by atoms with Gasteiger partial charge in [-0.15, -0.1) is 0 Å². The Balaban J connectivity index is 2.39. The standard InChI is InChI=1S/C11H11NO4/c1-3-15-11(13)10-12-8-6-7(14-2)4-5-9(8)16-10/h4-6H,3H2,1-2H3. The maximum absolute atomic E-state index is 11.4. The minimum absolute atomic E-state index is 0.0369. The summed E-state index contributed by atoms with van der Waals surface area (Å²) in [6.07, 6.45) is 0. The van der Waals surface area contributed by atoms with Gasteiger partial charge in [0.2, 0.25) is 0 Å². The van der Waals surface area contributed by atoms with Gasteiger partial charge < -0.3 is 13.9 Å². The van der Waals surface area contributed by atoms with Crippen molar-refractivity contribution in [2.75, 3.05) is 13.7 Å². The van der Waals surface area contributed by atoms with E-state index in [1.54, 1.807) is 32.2 Å². The first-order valence-corrected chi connectivity index (χ1v) is 4.86. The molecule has 0 saturated heterocycles. The van der Waals surface area contributed by atoms with Gasteiger partial charge in [0.15, 0.2) is 5.58 Å². The smallest absolute Gasteiger partial charge is 0.394 e. The van der Waals surface area contributed by atoms with Crippen LogP contribution in [0.5, 0.6) is 5.75 Å². The summed E-state index contributed by atoms with van der Waals surface area (Å²) >= 11 is 0. The highest BCUT2D eigenvalue weighted by atomic mass is 16.5. The van der Waals surface area contributed by atoms with E-state index >= 15 is 0 Å². The third kappa shape index (κ3) is 1.84. The van der Waals surface area contributed by atoms with Crippen LogP contribution in [0.25, 0.3) is 11.1 Å². The molecule has 1 aromatic carbocycles. The number of hydrogen-bond donors (Lipinski definition) is 0. The second-order valence-electron chi connectivity index (χ2n) is 3.07. The van der Waals surface area contributed by atoms with Crippen molar-refractivity contribution in [3.8, 4) is 5.75 Å². The molecular formula is C11H11NO4. The minimum Gasteiger partial charge on any atom is -0.497 e. The van der Waals surface area contributed by atoms with E-state index < -0.39 is 5.97 Å². The van der Waals surface area contributed by atoms with Crippen LogP contribution in [0.2, 0.25) is 0 Å². The van der Waals surface area contributed by atoms with Crippen molar-refractivity contribution in [2.24, 2.45) is 0 Å². The van der Waals surface area contributed by atoms with Crippen LogP contribution in [-0.2, 0) is 4.74 Å². The molecule has 0 amide bonds. The summed E-state index contributed by atoms with van der Waals surface area (Å²) < 4.78 is 15.1. The lowest BCUT2D eigenvalue weighted by Crippen LogP contribution is -2.04. The van der Waals surface area contributed by atoms with Gasteiger partial charge in [-0.2, -0.15) is 0 Å². The van der Waals surface area contributed by atoms with Gasteiger partial charge in [0.05, 0.1) is 13.7 Å². The summed E-state index contributed by atoms with van der Waals surface area (Å²) in [5.74, 6) is 0.0685. The van der Waals surface area contributed by atoms with Crippen LogP contribution in [0.4, 0.5) is 0 Å². The Bertz CT molecular complexity index is 518. The summed E-state index contributed by atoms with van der Waals surface area (Å²) in [6, 6.07) is 5.13. The summed E-state index contributed by atoms with van der Waals surface area (Å²) in [4.78, 5) is 15.4. The molecule has 84 valence electrons. The molecule has 0 spiro atoms. The van der Waals surface area contributed by atoms with E-state index in [9.17, 15) is 4.79 Å². The molecule has 2 rings (SSSR count). The quantitative estimate of drug-likeness (QED) is 0.742. The number of benzene rings is 1. The topological polar surface area (TPSA) is 61.6 Å². The Labute approximate surface area is 92.0 Å². The highest BCUT2D eigenvalue weighted by Gasteiger charge is 2.15. The Hall–Kier alpha value is -2.04. The number of nitrogens with zero attached hydrogens (tertiary/aromatic N) is 1. The lowest BCUT2D eigenvalue weighted by Gasteiger charge is -1.95. The lowest BCUT2D eigenvalue weighted by atomic mass is 10.3. The number of methoxy groups -OCH3 is 1. The summed E-state index contributed by atoms with van der Waals surface area (Å²) in [5.41, 5.74) is 1.10. The normalized spacial score (nSPS) is 10.4. The Morgan fingerprint density at radius 3 is 3.00 bits per heavy atom. The van der Waals surface area contributed by atoms with E-state index in [0.717, 1.165) is 0 Å². The van der Waals surface area contributed by atoms with Crippen LogP contribution in [0.3, 0.4) is 0 Å². The molecule has 0 unspecified atom stereocenters. The zero-order chi connectivity index (χ0) is 11.5. The highest BCUT2D eigenvalue weighted by molar-refractivity contribution is 5.88. The van der Waals surface area contributed by atoms with Gasteiger partial charge >= 0.3 is 11.9 Å². The van der Waals surface area contributed by atoms with Crippen molar-refractivity contribution >= 4 is 17.1 Å². The molecule has 0 fully saturated rings. The van der Waals surface area contributed by atoms with Crippen molar-refractivity contribution in [3.63, 3.8) is 0 Å². The number of ether oxygens (including phenoxy) is 2. The molecule has 0 aliphatic rings. The van der Waals surface area contributed by atoms with Crippen LogP contribution in [0, 0.1) is 0 Å². The maximum Gasteiger partial charge on any atom is 0.394 e. The monoisotopic (exact) mass is 221 g/mol. The zero-order valence-electron chi connectivity index (χ0n) is 9.02. The number of aromatic nitrogens is 1. The van der Waals surface area contributed by atoms with Gasteiger partial charge in [0.1, 0.15) is 11.3 Å². The predicted octanol–water partition coefficient (Wildman–Crippen LogP) is 2.01. The number of carbonyl (C=O) groups is 1. The predicted molar refractivity (Wildman–Crippen MR) is 56.5 cm³/mol. The fourth-order valence-electron chi connectivity index (χ4n) is 1.31. The molecule has 16 heavy (non-hydrogen) atoms. The molecule has 0 bridgehead atoms. The molecule has 1 heterocycles. The van der Waals surface area contributed by atoms with Crippen molar-refractivity contribution < 1.29 is 18.7 Å². The van der Waals surface area contributed by atoms with E-state index in [0.29, 0.717) is 23.5 Å². The SMILES string of the molecule is CCOC(=O)c1nc2cc(OC)ccc2o1. The van der Waals surface area contributed by atoms with E-state index in [4.69, 9.17) is 13.9 Å². The minimum atomic E-state index is -0.558. The fraction of sp³-hybridized carbons (Fsp3) is 0.273. The van der Waals surface area contributed by atoms with Gasteiger partial charge in [-0.3, -0.25) is 0 Å². The van der Waals surface area contributed by atoms with Crippen LogP contribution >= 0.6 is 0 Å². The van der Waals surface area contributed by atoms with Crippen molar-refractivity contribution in [3.05, 3.63) is 24.1 Å². The molecule has 0 aliphatic heterocycles. The maximum atomic E-state index is 11.4. The molecule has 5 nitrogen and oxygen atoms in total. The van der Waals surface area contributed by atoms with E-state index in [1.165, 1.54) is 0 Å². The van der Waals surface area contributed by atoms with Crippen molar-refractivity contribution in [2.45, 2.75) is 6.92 Å². The number of oxazole rings is 1. The van der Waals surface area contributed by atoms with Gasteiger partial charge in [0, 0.05) is 6.07 Å². The second kappa shape index (κ2) is 4.22. The third-order valence-corrected chi connectivity index (χ3v) is 2.04.